The number of aromatic nitrogens is 1. The second kappa shape index (κ2) is 14.8. The van der Waals surface area contributed by atoms with Gasteiger partial charge in [-0.3, -0.25) is 14.7 Å². The van der Waals surface area contributed by atoms with E-state index < -0.39 is 0 Å². The molecule has 0 aliphatic carbocycles. The van der Waals surface area contributed by atoms with Crippen molar-refractivity contribution in [3.05, 3.63) is 135 Å². The van der Waals surface area contributed by atoms with Crippen molar-refractivity contribution in [1.82, 2.24) is 9.88 Å². The number of aliphatic hydroxyl groups is 1. The van der Waals surface area contributed by atoms with Crippen LogP contribution < -0.4 is 9.47 Å². The van der Waals surface area contributed by atoms with Crippen molar-refractivity contribution < 1.29 is 19.4 Å². The summed E-state index contributed by atoms with van der Waals surface area (Å²) in [6, 6.07) is 28.3. The average molecular weight is 658 g/mol. The highest BCUT2D eigenvalue weighted by Gasteiger charge is 2.20. The maximum Gasteiger partial charge on any atom is 0.153 e. The molecule has 1 atom stereocenters. The van der Waals surface area contributed by atoms with E-state index in [1.54, 1.807) is 18.3 Å². The molecular weight excluding hydrogens is 622 g/mol. The molecule has 1 aliphatic heterocycles. The molecule has 0 saturated carbocycles. The van der Waals surface area contributed by atoms with Crippen LogP contribution in [0, 0.1) is 25.2 Å². The van der Waals surface area contributed by atoms with Crippen LogP contribution in [0.1, 0.15) is 50.2 Å². The van der Waals surface area contributed by atoms with Gasteiger partial charge in [0, 0.05) is 43.7 Å². The summed E-state index contributed by atoms with van der Waals surface area (Å²) in [6.45, 7) is 7.16. The predicted octanol–water partition coefficient (Wildman–Crippen LogP) is 8.09. The summed E-state index contributed by atoms with van der Waals surface area (Å²) in [6.07, 6.45) is 4.41. The molecule has 242 valence electrons. The van der Waals surface area contributed by atoms with Crippen LogP contribution in [0.2, 0.25) is 5.02 Å². The van der Waals surface area contributed by atoms with Crippen LogP contribution in [-0.2, 0) is 19.8 Å². The van der Waals surface area contributed by atoms with Gasteiger partial charge in [0.15, 0.2) is 6.29 Å². The minimum Gasteiger partial charge on any atom is -0.488 e. The number of benzene rings is 4. The van der Waals surface area contributed by atoms with Crippen molar-refractivity contribution in [2.24, 2.45) is 0 Å². The van der Waals surface area contributed by atoms with E-state index in [4.69, 9.17) is 26.3 Å². The Kier molecular flexibility index (Phi) is 10.2. The standard InChI is InChI=1S/C40H36ClN3O4/c1-26-32(25-48-40-17-39(33(23-45)16-38(40)41)47-24-30-15-29(18-42)19-43-20-30)5-3-7-36(26)37-8-4-6-35(27(37)2)31-11-9-28(10-12-31)21-44-14-13-34(46)22-44/h3-12,15-17,19-20,23,34,46H,13-14,21-22,24-25H2,1-2H3/t34-/m0/s1. The smallest absolute Gasteiger partial charge is 0.153 e. The Morgan fingerprint density at radius 2 is 1.65 bits per heavy atom. The number of rotatable bonds is 11. The Balaban J connectivity index is 1.19. The third-order valence-corrected chi connectivity index (χ3v) is 9.18. The number of carbonyl (C=O) groups excluding carboxylic acids is 1. The van der Waals surface area contributed by atoms with Gasteiger partial charge in [-0.2, -0.15) is 5.26 Å². The molecule has 6 rings (SSSR count). The highest BCUT2D eigenvalue weighted by atomic mass is 35.5. The van der Waals surface area contributed by atoms with Crippen LogP contribution in [0.3, 0.4) is 0 Å². The van der Waals surface area contributed by atoms with Crippen molar-refractivity contribution in [2.75, 3.05) is 13.1 Å². The number of nitriles is 1. The van der Waals surface area contributed by atoms with E-state index in [9.17, 15) is 9.90 Å². The molecule has 1 fully saturated rings. The number of likely N-dealkylation sites (tertiary alicyclic amines) is 1. The molecule has 7 nitrogen and oxygen atoms in total. The Morgan fingerprint density at radius 1 is 0.917 bits per heavy atom. The fourth-order valence-corrected chi connectivity index (χ4v) is 6.42. The van der Waals surface area contributed by atoms with E-state index >= 15 is 0 Å². The van der Waals surface area contributed by atoms with Gasteiger partial charge in [0.25, 0.3) is 0 Å². The first kappa shape index (κ1) is 32.9. The van der Waals surface area contributed by atoms with Gasteiger partial charge < -0.3 is 14.6 Å². The van der Waals surface area contributed by atoms with Gasteiger partial charge in [0.2, 0.25) is 0 Å². The third kappa shape index (κ3) is 7.42. The van der Waals surface area contributed by atoms with Gasteiger partial charge in [0.05, 0.1) is 22.3 Å². The first-order chi connectivity index (χ1) is 23.3. The van der Waals surface area contributed by atoms with Crippen LogP contribution in [0.15, 0.2) is 91.3 Å². The number of hydrogen-bond acceptors (Lipinski definition) is 7. The summed E-state index contributed by atoms with van der Waals surface area (Å²) in [7, 11) is 0. The summed E-state index contributed by atoms with van der Waals surface area (Å²) < 4.78 is 12.1. The zero-order valence-electron chi connectivity index (χ0n) is 26.9. The average Bonchev–Trinajstić information content (AvgIpc) is 3.52. The molecule has 1 aromatic heterocycles. The fourth-order valence-electron chi connectivity index (χ4n) is 6.20. The van der Waals surface area contributed by atoms with Crippen LogP contribution in [0.5, 0.6) is 11.5 Å². The van der Waals surface area contributed by atoms with Crippen LogP contribution in [-0.4, -0.2) is 40.5 Å². The molecule has 48 heavy (non-hydrogen) atoms. The summed E-state index contributed by atoms with van der Waals surface area (Å²) in [4.78, 5) is 18.1. The molecule has 0 amide bonds. The van der Waals surface area contributed by atoms with Crippen molar-refractivity contribution in [1.29, 1.82) is 5.26 Å². The number of halogens is 1. The third-order valence-electron chi connectivity index (χ3n) is 8.88. The number of ether oxygens (including phenoxy) is 2. The Labute approximate surface area is 286 Å². The normalized spacial score (nSPS) is 14.4. The topological polar surface area (TPSA) is 95.7 Å². The van der Waals surface area contributed by atoms with Gasteiger partial charge in [0.1, 0.15) is 30.8 Å². The molecule has 0 radical (unpaired) electrons. The number of aldehydes is 1. The van der Waals surface area contributed by atoms with Gasteiger partial charge in [-0.25, -0.2) is 0 Å². The van der Waals surface area contributed by atoms with Crippen molar-refractivity contribution >= 4 is 17.9 Å². The van der Waals surface area contributed by atoms with E-state index in [0.717, 1.165) is 53.9 Å². The number of nitrogens with zero attached hydrogens (tertiary/aromatic N) is 3. The molecule has 4 aromatic carbocycles. The molecule has 1 saturated heterocycles. The number of β-amino-alcohol motifs (C(OH)–C–C–N with tert-alkyl or cyclic N) is 1. The van der Waals surface area contributed by atoms with Crippen molar-refractivity contribution in [3.63, 3.8) is 0 Å². The molecule has 1 N–H and O–H groups in total. The van der Waals surface area contributed by atoms with Crippen molar-refractivity contribution in [3.8, 4) is 39.8 Å². The lowest BCUT2D eigenvalue weighted by Gasteiger charge is -2.18. The molecule has 0 spiro atoms. The predicted molar refractivity (Wildman–Crippen MR) is 187 cm³/mol. The zero-order chi connectivity index (χ0) is 33.6. The van der Waals surface area contributed by atoms with Crippen LogP contribution in [0.25, 0.3) is 22.3 Å². The lowest BCUT2D eigenvalue weighted by Crippen LogP contribution is -2.21. The monoisotopic (exact) mass is 657 g/mol. The summed E-state index contributed by atoms with van der Waals surface area (Å²) >= 11 is 6.53. The van der Waals surface area contributed by atoms with E-state index in [1.807, 2.05) is 12.1 Å². The SMILES string of the molecule is Cc1c(COc2cc(OCc3cncc(C#N)c3)c(C=O)cc2Cl)cccc1-c1cccc(-c2ccc(CN3CC[C@H](O)C3)cc2)c1C. The van der Waals surface area contributed by atoms with Gasteiger partial charge in [-0.1, -0.05) is 72.3 Å². The van der Waals surface area contributed by atoms with E-state index in [0.29, 0.717) is 39.5 Å². The van der Waals surface area contributed by atoms with Gasteiger partial charge in [-0.15, -0.1) is 0 Å². The first-order valence-corrected chi connectivity index (χ1v) is 16.3. The highest BCUT2D eigenvalue weighted by molar-refractivity contribution is 6.32. The minimum absolute atomic E-state index is 0.123. The van der Waals surface area contributed by atoms with Crippen molar-refractivity contribution in [2.45, 2.75) is 46.1 Å². The molecule has 0 unspecified atom stereocenters. The summed E-state index contributed by atoms with van der Waals surface area (Å²) in [5.74, 6) is 0.723. The Hall–Kier alpha value is -5.00. The van der Waals surface area contributed by atoms with E-state index in [1.165, 1.54) is 29.0 Å². The number of pyridine rings is 1. The Morgan fingerprint density at radius 3 is 2.38 bits per heavy atom. The first-order valence-electron chi connectivity index (χ1n) is 15.9. The molecular formula is C40H36ClN3O4. The van der Waals surface area contributed by atoms with Gasteiger partial charge in [-0.05, 0) is 76.9 Å². The molecule has 0 bridgehead atoms. The lowest BCUT2D eigenvalue weighted by molar-refractivity contribution is 0.111. The molecule has 5 aromatic rings. The molecule has 2 heterocycles. The van der Waals surface area contributed by atoms with Gasteiger partial charge >= 0.3 is 0 Å². The maximum absolute atomic E-state index is 11.8. The maximum atomic E-state index is 11.8. The molecule has 8 heteroatoms. The Bertz CT molecular complexity index is 1990. The zero-order valence-corrected chi connectivity index (χ0v) is 27.7. The summed E-state index contributed by atoms with van der Waals surface area (Å²) in [5, 5.41) is 19.3. The number of aliphatic hydroxyl groups excluding tert-OH is 1. The molecule has 1 aliphatic rings. The van der Waals surface area contributed by atoms with Crippen LogP contribution in [0.4, 0.5) is 0 Å². The van der Waals surface area contributed by atoms with Crippen LogP contribution >= 0.6 is 11.6 Å². The second-order valence-electron chi connectivity index (χ2n) is 12.2. The number of hydrogen-bond donors (Lipinski definition) is 1. The number of carbonyl (C=O) groups is 1. The fraction of sp³-hybridized carbons (Fsp3) is 0.225. The second-order valence-corrected chi connectivity index (χ2v) is 12.6. The quantitative estimate of drug-likeness (QED) is 0.143. The lowest BCUT2D eigenvalue weighted by atomic mass is 9.89. The largest absolute Gasteiger partial charge is 0.488 e. The van der Waals surface area contributed by atoms with E-state index in [2.05, 4.69) is 78.3 Å². The minimum atomic E-state index is -0.215. The highest BCUT2D eigenvalue weighted by Crippen LogP contribution is 2.36. The summed E-state index contributed by atoms with van der Waals surface area (Å²) in [5.41, 5.74) is 10.6. The van der Waals surface area contributed by atoms with E-state index in [-0.39, 0.29) is 19.3 Å².